The number of aromatic amines is 1. The topological polar surface area (TPSA) is 60.5 Å². The third-order valence-corrected chi connectivity index (χ3v) is 7.13. The van der Waals surface area contributed by atoms with Crippen LogP contribution in [-0.4, -0.2) is 73.3 Å². The van der Waals surface area contributed by atoms with Gasteiger partial charge in [-0.15, -0.1) is 0 Å². The van der Waals surface area contributed by atoms with Crippen LogP contribution in [0.1, 0.15) is 5.56 Å². The number of nitrogens with one attached hydrogen (secondary N) is 1. The number of aryl methyl sites for hydroxylation is 1. The van der Waals surface area contributed by atoms with Crippen molar-refractivity contribution >= 4 is 22.4 Å². The van der Waals surface area contributed by atoms with E-state index in [0.29, 0.717) is 12.5 Å². The van der Waals surface area contributed by atoms with Crippen LogP contribution in [0.15, 0.2) is 48.9 Å². The van der Waals surface area contributed by atoms with E-state index in [9.17, 15) is 0 Å². The van der Waals surface area contributed by atoms with E-state index in [1.54, 1.807) is 0 Å². The Kier molecular flexibility index (Phi) is 5.14. The van der Waals surface area contributed by atoms with Gasteiger partial charge in [-0.2, -0.15) is 0 Å². The van der Waals surface area contributed by atoms with Crippen molar-refractivity contribution < 1.29 is 4.74 Å². The van der Waals surface area contributed by atoms with Crippen molar-refractivity contribution in [2.45, 2.75) is 6.92 Å². The molecule has 1 saturated heterocycles. The van der Waals surface area contributed by atoms with Gasteiger partial charge in [-0.1, -0.05) is 6.07 Å². The van der Waals surface area contributed by atoms with E-state index in [1.807, 2.05) is 18.6 Å². The third kappa shape index (κ3) is 3.66. The molecule has 34 heavy (non-hydrogen) atoms. The van der Waals surface area contributed by atoms with Crippen molar-refractivity contribution in [2.24, 2.45) is 0 Å². The summed E-state index contributed by atoms with van der Waals surface area (Å²) in [6.07, 6.45) is 5.87. The summed E-state index contributed by atoms with van der Waals surface area (Å²) in [7, 11) is 4.27. The van der Waals surface area contributed by atoms with Gasteiger partial charge >= 0.3 is 0 Å². The van der Waals surface area contributed by atoms with E-state index in [2.05, 4.69) is 76.0 Å². The Morgan fingerprint density at radius 1 is 0.853 bits per heavy atom. The molecule has 4 aromatic rings. The fourth-order valence-electron chi connectivity index (χ4n) is 5.01. The number of anilines is 2. The Morgan fingerprint density at radius 3 is 2.50 bits per heavy atom. The van der Waals surface area contributed by atoms with Gasteiger partial charge < -0.3 is 24.4 Å². The number of likely N-dealkylation sites (N-methyl/N-ethyl adjacent to an activating group) is 2. The van der Waals surface area contributed by atoms with E-state index in [1.165, 1.54) is 16.8 Å². The summed E-state index contributed by atoms with van der Waals surface area (Å²) in [6, 6.07) is 11.2. The largest absolute Gasteiger partial charge is 0.474 e. The second-order valence-electron chi connectivity index (χ2n) is 9.43. The molecule has 174 valence electrons. The first kappa shape index (κ1) is 21.0. The molecule has 1 N–H and O–H groups in total. The summed E-state index contributed by atoms with van der Waals surface area (Å²) in [4.78, 5) is 19.7. The van der Waals surface area contributed by atoms with Crippen molar-refractivity contribution in [1.29, 1.82) is 0 Å². The molecule has 1 fully saturated rings. The number of benzene rings is 1. The molecule has 2 aliphatic rings. The molecule has 0 radical (unpaired) electrons. The van der Waals surface area contributed by atoms with Gasteiger partial charge in [0.25, 0.3) is 0 Å². The highest BCUT2D eigenvalue weighted by Gasteiger charge is 2.19. The highest BCUT2D eigenvalue weighted by atomic mass is 16.5. The molecular weight excluding hydrogens is 424 g/mol. The zero-order valence-corrected chi connectivity index (χ0v) is 20.0. The van der Waals surface area contributed by atoms with Gasteiger partial charge in [0, 0.05) is 79.6 Å². The molecule has 5 heterocycles. The minimum Gasteiger partial charge on any atom is -0.474 e. The monoisotopic (exact) mass is 454 g/mol. The van der Waals surface area contributed by atoms with Gasteiger partial charge in [0.1, 0.15) is 17.9 Å². The summed E-state index contributed by atoms with van der Waals surface area (Å²) in [6.45, 7) is 8.11. The highest BCUT2D eigenvalue weighted by Crippen LogP contribution is 2.36. The number of H-pyrrole nitrogens is 1. The number of rotatable bonds is 3. The quantitative estimate of drug-likeness (QED) is 0.501. The SMILES string of the molecule is Cc1cc(-c2cnc3[nH]cc(-c4cnc5c(c4)N(C)CCO5)c3c2)ccc1N1CCN(C)CC1. The van der Waals surface area contributed by atoms with Crippen LogP contribution in [0.25, 0.3) is 33.3 Å². The third-order valence-electron chi connectivity index (χ3n) is 7.13. The number of hydrogen-bond donors (Lipinski definition) is 1. The zero-order chi connectivity index (χ0) is 23.2. The molecule has 0 bridgehead atoms. The van der Waals surface area contributed by atoms with Crippen LogP contribution >= 0.6 is 0 Å². The number of ether oxygens (including phenoxy) is 1. The molecule has 0 aliphatic carbocycles. The lowest BCUT2D eigenvalue weighted by atomic mass is 10.0. The standard InChI is InChI=1S/C27H30N6O/c1-18-12-19(4-5-24(18)33-8-6-31(2)7-9-33)20-13-22-23(17-29-26(22)28-15-20)21-14-25-27(30-16-21)34-11-10-32(25)3/h4-5,12-17H,6-11H2,1-3H3,(H,28,29). The van der Waals surface area contributed by atoms with E-state index in [0.717, 1.165) is 66.1 Å². The average Bonchev–Trinajstić information content (AvgIpc) is 3.28. The molecule has 6 rings (SSSR count). The summed E-state index contributed by atoms with van der Waals surface area (Å²) < 4.78 is 5.72. The van der Waals surface area contributed by atoms with E-state index < -0.39 is 0 Å². The van der Waals surface area contributed by atoms with Crippen LogP contribution < -0.4 is 14.5 Å². The number of nitrogens with zero attached hydrogens (tertiary/aromatic N) is 5. The molecule has 0 saturated carbocycles. The molecule has 2 aliphatic heterocycles. The van der Waals surface area contributed by atoms with Crippen LogP contribution in [0.3, 0.4) is 0 Å². The maximum absolute atomic E-state index is 5.72. The number of piperazine rings is 1. The Morgan fingerprint density at radius 2 is 1.68 bits per heavy atom. The van der Waals surface area contributed by atoms with Crippen molar-refractivity contribution in [3.8, 4) is 28.1 Å². The molecular formula is C27H30N6O. The van der Waals surface area contributed by atoms with Gasteiger partial charge in [-0.3, -0.25) is 0 Å². The first-order valence-electron chi connectivity index (χ1n) is 11.9. The Hall–Kier alpha value is -3.58. The number of aromatic nitrogens is 3. The van der Waals surface area contributed by atoms with Gasteiger partial charge in [-0.25, -0.2) is 9.97 Å². The first-order chi connectivity index (χ1) is 16.6. The number of pyridine rings is 2. The molecule has 7 heteroatoms. The lowest BCUT2D eigenvalue weighted by molar-refractivity contribution is 0.299. The van der Waals surface area contributed by atoms with Crippen LogP contribution in [-0.2, 0) is 0 Å². The zero-order valence-electron chi connectivity index (χ0n) is 20.0. The van der Waals surface area contributed by atoms with Gasteiger partial charge in [0.15, 0.2) is 0 Å². The number of fused-ring (bicyclic) bond motifs is 2. The second-order valence-corrected chi connectivity index (χ2v) is 9.43. The molecule has 0 spiro atoms. The summed E-state index contributed by atoms with van der Waals surface area (Å²) in [5, 5.41) is 1.10. The van der Waals surface area contributed by atoms with Crippen molar-refractivity contribution in [3.63, 3.8) is 0 Å². The van der Waals surface area contributed by atoms with Crippen molar-refractivity contribution in [3.05, 3.63) is 54.5 Å². The van der Waals surface area contributed by atoms with Crippen LogP contribution in [0, 0.1) is 6.92 Å². The fourth-order valence-corrected chi connectivity index (χ4v) is 5.01. The average molecular weight is 455 g/mol. The summed E-state index contributed by atoms with van der Waals surface area (Å²) in [5.41, 5.74) is 9.01. The highest BCUT2D eigenvalue weighted by molar-refractivity contribution is 5.96. The maximum atomic E-state index is 5.72. The minimum atomic E-state index is 0.670. The lowest BCUT2D eigenvalue weighted by Gasteiger charge is -2.35. The molecule has 7 nitrogen and oxygen atoms in total. The summed E-state index contributed by atoms with van der Waals surface area (Å²) >= 11 is 0. The van der Waals surface area contributed by atoms with E-state index >= 15 is 0 Å². The van der Waals surface area contributed by atoms with Gasteiger partial charge in [-0.05, 0) is 49.4 Å². The molecule has 1 aromatic carbocycles. The van der Waals surface area contributed by atoms with Crippen LogP contribution in [0.5, 0.6) is 5.88 Å². The van der Waals surface area contributed by atoms with Crippen LogP contribution in [0.4, 0.5) is 11.4 Å². The maximum Gasteiger partial charge on any atom is 0.237 e. The first-order valence-corrected chi connectivity index (χ1v) is 11.9. The predicted molar refractivity (Wildman–Crippen MR) is 138 cm³/mol. The van der Waals surface area contributed by atoms with Crippen molar-refractivity contribution in [1.82, 2.24) is 19.9 Å². The Labute approximate surface area is 200 Å². The minimum absolute atomic E-state index is 0.670. The fraction of sp³-hybridized carbons (Fsp3) is 0.333. The molecule has 0 amide bonds. The predicted octanol–water partition coefficient (Wildman–Crippen LogP) is 4.18. The van der Waals surface area contributed by atoms with Gasteiger partial charge in [0.2, 0.25) is 5.88 Å². The van der Waals surface area contributed by atoms with Gasteiger partial charge in [0.05, 0.1) is 6.54 Å². The second kappa shape index (κ2) is 8.33. The van der Waals surface area contributed by atoms with Crippen molar-refractivity contribution in [2.75, 3.05) is 63.2 Å². The molecule has 0 unspecified atom stereocenters. The molecule has 0 atom stereocenters. The van der Waals surface area contributed by atoms with Crippen LogP contribution in [0.2, 0.25) is 0 Å². The summed E-state index contributed by atoms with van der Waals surface area (Å²) in [5.74, 6) is 0.701. The molecule has 3 aromatic heterocycles. The van der Waals surface area contributed by atoms with E-state index in [4.69, 9.17) is 9.72 Å². The smallest absolute Gasteiger partial charge is 0.237 e. The normalized spacial score (nSPS) is 16.6. The Balaban J connectivity index is 1.35. The Bertz CT molecular complexity index is 1350. The number of hydrogen-bond acceptors (Lipinski definition) is 6. The van der Waals surface area contributed by atoms with E-state index in [-0.39, 0.29) is 0 Å². The lowest BCUT2D eigenvalue weighted by Crippen LogP contribution is -2.44.